The Hall–Kier alpha value is -0.320. The minimum atomic E-state index is -0.890. The molecule has 0 bridgehead atoms. The van der Waals surface area contributed by atoms with Gasteiger partial charge in [-0.1, -0.05) is 0 Å². The van der Waals surface area contributed by atoms with Crippen LogP contribution in [0.2, 0.25) is 0 Å². The number of carboxylic acids is 1. The van der Waals surface area contributed by atoms with Crippen molar-refractivity contribution in [3.63, 3.8) is 0 Å². The summed E-state index contributed by atoms with van der Waals surface area (Å²) >= 11 is 0. The van der Waals surface area contributed by atoms with Crippen LogP contribution in [0.15, 0.2) is 0 Å². The molecule has 1 heterocycles. The smallest absolute Gasteiger partial charge is 0.334 e. The zero-order valence-corrected chi connectivity index (χ0v) is 7.06. The number of hydrogen-bond donors (Lipinski definition) is 2. The van der Waals surface area contributed by atoms with Crippen molar-refractivity contribution in [3.8, 4) is 0 Å². The highest BCUT2D eigenvalue weighted by Crippen LogP contribution is 2.02. The Morgan fingerprint density at radius 3 is 2.64 bits per heavy atom. The molecule has 2 atom stereocenters. The number of hydrogen-bond acceptors (Lipinski definition) is 3. The van der Waals surface area contributed by atoms with Crippen LogP contribution in [0, 0.1) is 0 Å². The summed E-state index contributed by atoms with van der Waals surface area (Å²) in [7, 11) is 0. The number of halogens is 1. The van der Waals surface area contributed by atoms with E-state index in [-0.39, 0.29) is 18.5 Å². The molecule has 0 amide bonds. The summed E-state index contributed by atoms with van der Waals surface area (Å²) in [5.74, 6) is -0.890. The lowest BCUT2D eigenvalue weighted by atomic mass is 10.2. The summed E-state index contributed by atoms with van der Waals surface area (Å²) in [6.07, 6.45) is -0.654. The standard InChI is InChI=1S/C6H11NO3.ClH/c1-4-2-7-3-5(10-4)6(8)9;/h4-5,7H,2-3H2,1H3,(H,8,9);1H. The molecule has 11 heavy (non-hydrogen) atoms. The predicted molar refractivity (Wildman–Crippen MR) is 42.1 cm³/mol. The average molecular weight is 182 g/mol. The molecule has 1 aliphatic rings. The maximum Gasteiger partial charge on any atom is 0.334 e. The molecule has 2 N–H and O–H groups in total. The van der Waals surface area contributed by atoms with E-state index >= 15 is 0 Å². The van der Waals surface area contributed by atoms with Crippen molar-refractivity contribution in [2.75, 3.05) is 13.1 Å². The molecule has 0 aliphatic carbocycles. The van der Waals surface area contributed by atoms with Crippen molar-refractivity contribution in [1.82, 2.24) is 5.32 Å². The number of carboxylic acid groups (broad SMARTS) is 1. The van der Waals surface area contributed by atoms with Crippen molar-refractivity contribution in [2.24, 2.45) is 0 Å². The quantitative estimate of drug-likeness (QED) is 0.592. The van der Waals surface area contributed by atoms with Gasteiger partial charge >= 0.3 is 5.97 Å². The van der Waals surface area contributed by atoms with Crippen LogP contribution in [0.5, 0.6) is 0 Å². The van der Waals surface area contributed by atoms with E-state index in [1.165, 1.54) is 0 Å². The molecule has 0 aromatic carbocycles. The largest absolute Gasteiger partial charge is 0.479 e. The molecule has 0 spiro atoms. The van der Waals surface area contributed by atoms with E-state index < -0.39 is 12.1 Å². The first-order valence-corrected chi connectivity index (χ1v) is 3.29. The summed E-state index contributed by atoms with van der Waals surface area (Å²) in [4.78, 5) is 10.3. The molecule has 1 fully saturated rings. The molecule has 0 aromatic rings. The summed E-state index contributed by atoms with van der Waals surface area (Å²) in [5.41, 5.74) is 0. The fourth-order valence-corrected chi connectivity index (χ4v) is 0.940. The van der Waals surface area contributed by atoms with Crippen molar-refractivity contribution in [3.05, 3.63) is 0 Å². The third kappa shape index (κ3) is 3.05. The Bertz CT molecular complexity index is 142. The molecule has 2 unspecified atom stereocenters. The van der Waals surface area contributed by atoms with E-state index in [2.05, 4.69) is 5.32 Å². The van der Waals surface area contributed by atoms with Crippen LogP contribution < -0.4 is 5.32 Å². The topological polar surface area (TPSA) is 58.6 Å². The van der Waals surface area contributed by atoms with Gasteiger partial charge in [0.25, 0.3) is 0 Å². The number of aliphatic carboxylic acids is 1. The highest BCUT2D eigenvalue weighted by molar-refractivity contribution is 5.85. The van der Waals surface area contributed by atoms with Gasteiger partial charge in [-0.15, -0.1) is 12.4 Å². The second-order valence-electron chi connectivity index (χ2n) is 2.43. The summed E-state index contributed by atoms with van der Waals surface area (Å²) < 4.78 is 5.09. The second kappa shape index (κ2) is 4.54. The van der Waals surface area contributed by atoms with Crippen molar-refractivity contribution < 1.29 is 14.6 Å². The van der Waals surface area contributed by atoms with E-state index in [1.54, 1.807) is 0 Å². The van der Waals surface area contributed by atoms with Gasteiger partial charge in [0.2, 0.25) is 0 Å². The molecule has 5 heteroatoms. The average Bonchev–Trinajstić information content (AvgIpc) is 1.88. The van der Waals surface area contributed by atoms with Gasteiger partial charge in [-0.3, -0.25) is 0 Å². The van der Waals surface area contributed by atoms with Crippen LogP contribution in [-0.2, 0) is 9.53 Å². The lowest BCUT2D eigenvalue weighted by molar-refractivity contribution is -0.156. The Balaban J connectivity index is 0.000001000. The van der Waals surface area contributed by atoms with Crippen LogP contribution in [0.25, 0.3) is 0 Å². The summed E-state index contributed by atoms with van der Waals surface area (Å²) in [5, 5.41) is 11.5. The minimum Gasteiger partial charge on any atom is -0.479 e. The molecule has 0 saturated carbocycles. The number of morpholine rings is 1. The Morgan fingerprint density at radius 1 is 1.64 bits per heavy atom. The Kier molecular flexibility index (Phi) is 4.40. The van der Waals surface area contributed by atoms with Gasteiger partial charge < -0.3 is 15.2 Å². The van der Waals surface area contributed by atoms with E-state index in [9.17, 15) is 4.79 Å². The third-order valence-corrected chi connectivity index (χ3v) is 1.43. The van der Waals surface area contributed by atoms with Gasteiger partial charge in [-0.05, 0) is 6.92 Å². The second-order valence-corrected chi connectivity index (χ2v) is 2.43. The first-order valence-electron chi connectivity index (χ1n) is 3.29. The molecule has 4 nitrogen and oxygen atoms in total. The fraction of sp³-hybridized carbons (Fsp3) is 0.833. The molecule has 1 saturated heterocycles. The van der Waals surface area contributed by atoms with Crippen LogP contribution in [0.4, 0.5) is 0 Å². The highest BCUT2D eigenvalue weighted by atomic mass is 35.5. The normalized spacial score (nSPS) is 30.6. The Labute approximate surface area is 71.3 Å². The van der Waals surface area contributed by atoms with E-state index in [1.807, 2.05) is 6.92 Å². The van der Waals surface area contributed by atoms with Crippen molar-refractivity contribution >= 4 is 18.4 Å². The van der Waals surface area contributed by atoms with E-state index in [0.29, 0.717) is 6.54 Å². The number of ether oxygens (including phenoxy) is 1. The summed E-state index contributed by atoms with van der Waals surface area (Å²) in [6.45, 7) is 3.01. The third-order valence-electron chi connectivity index (χ3n) is 1.43. The van der Waals surface area contributed by atoms with Crippen LogP contribution >= 0.6 is 12.4 Å². The van der Waals surface area contributed by atoms with Crippen molar-refractivity contribution in [2.45, 2.75) is 19.1 Å². The first-order chi connectivity index (χ1) is 4.70. The van der Waals surface area contributed by atoms with E-state index in [4.69, 9.17) is 9.84 Å². The molecule has 1 aliphatic heterocycles. The molecule has 1 rings (SSSR count). The van der Waals surface area contributed by atoms with E-state index in [0.717, 1.165) is 6.54 Å². The minimum absolute atomic E-state index is 0. The lowest BCUT2D eigenvalue weighted by Crippen LogP contribution is -2.46. The molecule has 0 radical (unpaired) electrons. The number of nitrogens with one attached hydrogen (secondary N) is 1. The number of rotatable bonds is 1. The first kappa shape index (κ1) is 10.7. The van der Waals surface area contributed by atoms with Gasteiger partial charge in [-0.25, -0.2) is 4.79 Å². The fourth-order valence-electron chi connectivity index (χ4n) is 0.940. The summed E-state index contributed by atoms with van der Waals surface area (Å²) in [6, 6.07) is 0. The predicted octanol–water partition coefficient (Wildman–Crippen LogP) is -0.130. The molecule has 0 aromatic heterocycles. The van der Waals surface area contributed by atoms with Gasteiger partial charge in [0.05, 0.1) is 6.10 Å². The number of carbonyl (C=O) groups is 1. The van der Waals surface area contributed by atoms with Gasteiger partial charge in [0.15, 0.2) is 6.10 Å². The zero-order chi connectivity index (χ0) is 7.56. The SMILES string of the molecule is CC1CNCC(C(=O)O)O1.Cl. The maximum atomic E-state index is 10.3. The molecule has 66 valence electrons. The lowest BCUT2D eigenvalue weighted by Gasteiger charge is -2.25. The molecular weight excluding hydrogens is 170 g/mol. The van der Waals surface area contributed by atoms with Crippen molar-refractivity contribution in [1.29, 1.82) is 0 Å². The van der Waals surface area contributed by atoms with Crippen LogP contribution in [0.1, 0.15) is 6.92 Å². The zero-order valence-electron chi connectivity index (χ0n) is 6.24. The Morgan fingerprint density at radius 2 is 2.27 bits per heavy atom. The highest BCUT2D eigenvalue weighted by Gasteiger charge is 2.24. The monoisotopic (exact) mass is 181 g/mol. The van der Waals surface area contributed by atoms with Gasteiger partial charge in [0.1, 0.15) is 0 Å². The maximum absolute atomic E-state index is 10.3. The van der Waals surface area contributed by atoms with Gasteiger partial charge in [0, 0.05) is 13.1 Å². The van der Waals surface area contributed by atoms with Gasteiger partial charge in [-0.2, -0.15) is 0 Å². The molecular formula is C6H12ClNO3. The van der Waals surface area contributed by atoms with Crippen LogP contribution in [0.3, 0.4) is 0 Å². The van der Waals surface area contributed by atoms with Crippen LogP contribution in [-0.4, -0.2) is 36.4 Å².